The maximum atomic E-state index is 12.5. The maximum absolute atomic E-state index is 12.5. The molecule has 1 saturated heterocycles. The molecule has 0 spiro atoms. The van der Waals surface area contributed by atoms with Crippen LogP contribution in [0.1, 0.15) is 35.5 Å². The molecule has 148 valence electrons. The normalized spacial score (nSPS) is 15.0. The third-order valence-electron chi connectivity index (χ3n) is 4.08. The minimum Gasteiger partial charge on any atom is -0.350 e. The number of halogens is 3. The van der Waals surface area contributed by atoms with Crippen LogP contribution in [0, 0.1) is 0 Å². The summed E-state index contributed by atoms with van der Waals surface area (Å²) in [5.74, 6) is -2.67. The smallest absolute Gasteiger partial charge is 0.350 e. The number of nitrogens with zero attached hydrogens (tertiary/aromatic N) is 3. The molecule has 0 radical (unpaired) electrons. The van der Waals surface area contributed by atoms with E-state index in [0.717, 1.165) is 4.90 Å². The molecule has 0 unspecified atom stereocenters. The van der Waals surface area contributed by atoms with Crippen LogP contribution in [0.4, 0.5) is 13.2 Å². The van der Waals surface area contributed by atoms with E-state index in [-0.39, 0.29) is 41.9 Å². The molecule has 1 aromatic heterocycles. The van der Waals surface area contributed by atoms with Crippen LogP contribution >= 0.6 is 0 Å². The fourth-order valence-electron chi connectivity index (χ4n) is 2.66. The highest BCUT2D eigenvalue weighted by molar-refractivity contribution is 5.98. The van der Waals surface area contributed by atoms with Gasteiger partial charge in [0.1, 0.15) is 0 Å². The van der Waals surface area contributed by atoms with Gasteiger partial charge in [0.15, 0.2) is 0 Å². The van der Waals surface area contributed by atoms with Gasteiger partial charge < -0.3 is 9.84 Å². The van der Waals surface area contributed by atoms with Gasteiger partial charge in [0.05, 0.1) is 0 Å². The summed E-state index contributed by atoms with van der Waals surface area (Å²) in [6.45, 7) is 0.183. The van der Waals surface area contributed by atoms with E-state index in [9.17, 15) is 27.6 Å². The molecule has 8 nitrogen and oxygen atoms in total. The molecule has 0 aliphatic carbocycles. The summed E-state index contributed by atoms with van der Waals surface area (Å²) in [6, 6.07) is 5.56. The van der Waals surface area contributed by atoms with Crippen LogP contribution in [0.15, 0.2) is 28.8 Å². The number of imide groups is 1. The third kappa shape index (κ3) is 4.35. The highest BCUT2D eigenvalue weighted by Gasteiger charge is 2.38. The maximum Gasteiger partial charge on any atom is 0.471 e. The van der Waals surface area contributed by atoms with Crippen molar-refractivity contribution in [3.05, 3.63) is 35.7 Å². The van der Waals surface area contributed by atoms with Gasteiger partial charge in [0, 0.05) is 37.1 Å². The van der Waals surface area contributed by atoms with Crippen molar-refractivity contribution in [3.63, 3.8) is 0 Å². The first kappa shape index (κ1) is 19.5. The van der Waals surface area contributed by atoms with Crippen molar-refractivity contribution < 1.29 is 32.1 Å². The van der Waals surface area contributed by atoms with Gasteiger partial charge in [-0.15, -0.1) is 0 Å². The monoisotopic (exact) mass is 396 g/mol. The topological polar surface area (TPSA) is 105 Å². The van der Waals surface area contributed by atoms with Gasteiger partial charge >= 0.3 is 12.1 Å². The van der Waals surface area contributed by atoms with Gasteiger partial charge in [-0.25, -0.2) is 0 Å². The van der Waals surface area contributed by atoms with E-state index >= 15 is 0 Å². The zero-order chi connectivity index (χ0) is 20.3. The van der Waals surface area contributed by atoms with Gasteiger partial charge in [0.25, 0.3) is 5.91 Å². The fourth-order valence-corrected chi connectivity index (χ4v) is 2.66. The standard InChI is InChI=1S/C17H15F3N4O4/c18-17(19,20)16-22-14(23-28-16)10-4-6-11(7-5-10)15(27)21-8-9-24-12(25)2-1-3-13(24)26/h4-7H,1-3,8-9H2,(H,21,27). The zero-order valence-corrected chi connectivity index (χ0v) is 14.5. The highest BCUT2D eigenvalue weighted by Crippen LogP contribution is 2.29. The first-order valence-electron chi connectivity index (χ1n) is 8.38. The van der Waals surface area contributed by atoms with E-state index in [1.807, 2.05) is 0 Å². The van der Waals surface area contributed by atoms with Gasteiger partial charge in [0.2, 0.25) is 17.6 Å². The number of alkyl halides is 3. The van der Waals surface area contributed by atoms with Crippen LogP contribution < -0.4 is 5.32 Å². The fraction of sp³-hybridized carbons (Fsp3) is 0.353. The average Bonchev–Trinajstić information content (AvgIpc) is 3.15. The number of piperidine rings is 1. The quantitative estimate of drug-likeness (QED) is 0.776. The second-order valence-corrected chi connectivity index (χ2v) is 6.05. The first-order valence-corrected chi connectivity index (χ1v) is 8.38. The number of hydrogen-bond acceptors (Lipinski definition) is 6. The zero-order valence-electron chi connectivity index (χ0n) is 14.5. The Morgan fingerprint density at radius 2 is 1.79 bits per heavy atom. The first-order chi connectivity index (χ1) is 13.3. The lowest BCUT2D eigenvalue weighted by atomic mass is 10.1. The Morgan fingerprint density at radius 3 is 2.36 bits per heavy atom. The van der Waals surface area contributed by atoms with E-state index in [1.165, 1.54) is 24.3 Å². The molecule has 0 saturated carbocycles. The van der Waals surface area contributed by atoms with Gasteiger partial charge in [-0.3, -0.25) is 19.3 Å². The molecular weight excluding hydrogens is 381 g/mol. The van der Waals surface area contributed by atoms with Gasteiger partial charge in [-0.2, -0.15) is 18.2 Å². The van der Waals surface area contributed by atoms with Crippen molar-refractivity contribution in [1.82, 2.24) is 20.4 Å². The minimum absolute atomic E-state index is 0.0879. The highest BCUT2D eigenvalue weighted by atomic mass is 19.4. The molecule has 3 amide bonds. The largest absolute Gasteiger partial charge is 0.471 e. The molecule has 0 bridgehead atoms. The van der Waals surface area contributed by atoms with Crippen molar-refractivity contribution in [2.45, 2.75) is 25.4 Å². The number of carbonyl (C=O) groups excluding carboxylic acids is 3. The molecule has 2 heterocycles. The molecule has 0 atom stereocenters. The summed E-state index contributed by atoms with van der Waals surface area (Å²) < 4.78 is 41.6. The number of aromatic nitrogens is 2. The Morgan fingerprint density at radius 1 is 1.14 bits per heavy atom. The minimum atomic E-state index is -4.73. The molecule has 2 aromatic rings. The molecule has 1 aromatic carbocycles. The number of carbonyl (C=O) groups is 3. The molecule has 11 heteroatoms. The second kappa shape index (κ2) is 7.79. The SMILES string of the molecule is O=C(NCCN1C(=O)CCCC1=O)c1ccc(-c2noc(C(F)(F)F)n2)cc1. The van der Waals surface area contributed by atoms with Crippen molar-refractivity contribution in [1.29, 1.82) is 0 Å². The Kier molecular flexibility index (Phi) is 5.43. The molecule has 3 rings (SSSR count). The van der Waals surface area contributed by atoms with Crippen LogP contribution in [0.3, 0.4) is 0 Å². The summed E-state index contributed by atoms with van der Waals surface area (Å²) in [5.41, 5.74) is 0.500. The van der Waals surface area contributed by atoms with Crippen LogP contribution in [0.25, 0.3) is 11.4 Å². The molecule has 28 heavy (non-hydrogen) atoms. The van der Waals surface area contributed by atoms with Gasteiger partial charge in [-0.05, 0) is 18.6 Å². The number of likely N-dealkylation sites (tertiary alicyclic amines) is 1. The van der Waals surface area contributed by atoms with E-state index in [1.54, 1.807) is 0 Å². The van der Waals surface area contributed by atoms with Crippen molar-refractivity contribution in [3.8, 4) is 11.4 Å². The van der Waals surface area contributed by atoms with E-state index < -0.39 is 18.0 Å². The summed E-state index contributed by atoms with van der Waals surface area (Å²) in [7, 11) is 0. The Bertz CT molecular complexity index is 877. The van der Waals surface area contributed by atoms with Crippen molar-refractivity contribution in [2.75, 3.05) is 13.1 Å². The van der Waals surface area contributed by atoms with E-state index in [4.69, 9.17) is 0 Å². The Labute approximate surface area is 156 Å². The summed E-state index contributed by atoms with van der Waals surface area (Å²) >= 11 is 0. The number of benzene rings is 1. The van der Waals surface area contributed by atoms with Crippen LogP contribution in [-0.4, -0.2) is 45.9 Å². The summed E-state index contributed by atoms with van der Waals surface area (Å²) in [6.07, 6.45) is -3.57. The third-order valence-corrected chi connectivity index (χ3v) is 4.08. The lowest BCUT2D eigenvalue weighted by molar-refractivity contribution is -0.159. The molecule has 1 fully saturated rings. The average molecular weight is 396 g/mol. The van der Waals surface area contributed by atoms with Crippen molar-refractivity contribution in [2.24, 2.45) is 0 Å². The van der Waals surface area contributed by atoms with Crippen LogP contribution in [0.5, 0.6) is 0 Å². The van der Waals surface area contributed by atoms with E-state index in [2.05, 4.69) is 20.0 Å². The number of hydrogen-bond donors (Lipinski definition) is 1. The number of rotatable bonds is 5. The van der Waals surface area contributed by atoms with Gasteiger partial charge in [-0.1, -0.05) is 17.3 Å². The molecule has 1 aliphatic heterocycles. The Hall–Kier alpha value is -3.24. The second-order valence-electron chi connectivity index (χ2n) is 6.05. The summed E-state index contributed by atoms with van der Waals surface area (Å²) in [5, 5.41) is 5.85. The lowest BCUT2D eigenvalue weighted by Gasteiger charge is -2.24. The predicted octanol–water partition coefficient (Wildman–Crippen LogP) is 2.02. The predicted molar refractivity (Wildman–Crippen MR) is 87.6 cm³/mol. The number of amides is 3. The Balaban J connectivity index is 1.57. The molecular formula is C17H15F3N4O4. The van der Waals surface area contributed by atoms with Crippen LogP contribution in [-0.2, 0) is 15.8 Å². The number of nitrogens with one attached hydrogen (secondary N) is 1. The van der Waals surface area contributed by atoms with E-state index in [0.29, 0.717) is 19.3 Å². The lowest BCUT2D eigenvalue weighted by Crippen LogP contribution is -2.44. The molecule has 1 N–H and O–H groups in total. The van der Waals surface area contributed by atoms with Crippen molar-refractivity contribution >= 4 is 17.7 Å². The molecule has 1 aliphatic rings. The summed E-state index contributed by atoms with van der Waals surface area (Å²) in [4.78, 5) is 39.9. The van der Waals surface area contributed by atoms with Crippen LogP contribution in [0.2, 0.25) is 0 Å².